The van der Waals surface area contributed by atoms with Crippen LogP contribution in [0.4, 0.5) is 11.4 Å². The molecule has 4 aromatic carbocycles. The minimum absolute atomic E-state index is 0.000215. The van der Waals surface area contributed by atoms with Crippen LogP contribution in [0.15, 0.2) is 109 Å². The summed E-state index contributed by atoms with van der Waals surface area (Å²) in [6.45, 7) is 0.739. The molecule has 4 aromatic rings. The highest BCUT2D eigenvalue weighted by atomic mass is 16.7. The minimum Gasteiger partial charge on any atom is -0.449 e. The zero-order valence-corrected chi connectivity index (χ0v) is 26.0. The van der Waals surface area contributed by atoms with Crippen molar-refractivity contribution in [2.24, 2.45) is 0 Å². The van der Waals surface area contributed by atoms with E-state index >= 15 is 0 Å². The lowest BCUT2D eigenvalue weighted by Gasteiger charge is -2.24. The second-order valence-electron chi connectivity index (χ2n) is 10.8. The summed E-state index contributed by atoms with van der Waals surface area (Å²) in [6.07, 6.45) is -4.69. The van der Waals surface area contributed by atoms with Gasteiger partial charge in [0.05, 0.1) is 54.0 Å². The van der Waals surface area contributed by atoms with Gasteiger partial charge in [0.1, 0.15) is 12.2 Å². The van der Waals surface area contributed by atoms with Gasteiger partial charge in [-0.1, -0.05) is 60.7 Å². The summed E-state index contributed by atoms with van der Waals surface area (Å²) in [6, 6.07) is 28.5. The van der Waals surface area contributed by atoms with Crippen LogP contribution in [0.25, 0.3) is 0 Å². The molecule has 5 rings (SSSR count). The van der Waals surface area contributed by atoms with Crippen molar-refractivity contribution in [1.82, 2.24) is 0 Å². The molecule has 49 heavy (non-hydrogen) atoms. The maximum absolute atomic E-state index is 13.3. The molecular weight excluding hydrogens is 640 g/mol. The third-order valence-corrected chi connectivity index (χ3v) is 7.40. The van der Waals surface area contributed by atoms with E-state index in [0.29, 0.717) is 6.61 Å². The summed E-state index contributed by atoms with van der Waals surface area (Å²) in [5.41, 5.74) is 1.41. The third-order valence-electron chi connectivity index (χ3n) is 7.40. The molecule has 0 spiro atoms. The Balaban J connectivity index is 1.34. The molecule has 0 bridgehead atoms. The molecule has 0 unspecified atom stereocenters. The number of hydrogen-bond acceptors (Lipinski definition) is 12. The lowest BCUT2D eigenvalue weighted by molar-refractivity contribution is -0.385. The van der Waals surface area contributed by atoms with Crippen molar-refractivity contribution in [3.05, 3.63) is 152 Å². The molecule has 1 heterocycles. The number of nitro benzene ring substituents is 2. The zero-order chi connectivity index (χ0) is 34.6. The van der Waals surface area contributed by atoms with E-state index in [1.54, 1.807) is 0 Å². The van der Waals surface area contributed by atoms with Crippen molar-refractivity contribution < 1.29 is 47.9 Å². The van der Waals surface area contributed by atoms with E-state index < -0.39 is 46.4 Å². The Morgan fingerprint density at radius 1 is 0.612 bits per heavy atom. The molecule has 1 saturated heterocycles. The Kier molecular flexibility index (Phi) is 12.1. The maximum atomic E-state index is 13.3. The summed E-state index contributed by atoms with van der Waals surface area (Å²) in [5, 5.41) is 22.2. The highest BCUT2D eigenvalue weighted by Gasteiger charge is 2.50. The number of esters is 2. The number of hydrogen-bond donors (Lipinski definition) is 0. The molecule has 4 atom stereocenters. The molecule has 0 radical (unpaired) electrons. The lowest BCUT2D eigenvalue weighted by atomic mass is 10.1. The monoisotopic (exact) mass is 672 g/mol. The number of ether oxygens (including phenoxy) is 6. The second kappa shape index (κ2) is 17.0. The number of carbonyl (C=O) groups excluding carboxylic acids is 2. The average Bonchev–Trinajstić information content (AvgIpc) is 3.43. The van der Waals surface area contributed by atoms with Crippen LogP contribution in [-0.2, 0) is 41.6 Å². The first kappa shape index (κ1) is 34.8. The van der Waals surface area contributed by atoms with Gasteiger partial charge < -0.3 is 28.4 Å². The number of nitrogens with zero attached hydrogens (tertiary/aromatic N) is 2. The first-order valence-electron chi connectivity index (χ1n) is 15.2. The number of nitro groups is 2. The standard InChI is InChI=1S/C35H32N2O12/c38-33(26-11-15-28(16-12-26)36(40)41)48-32-31(46-20-19-44-21-24-7-3-1-4-8-24)30(23-45-22-25-9-5-2-6-10-25)47-35(32)49-34(39)27-13-17-29(18-14-27)37(42)43/h1-18,30-32,35H,19-23H2/t30-,31-,32-,35-/m1/s1. The number of carbonyl (C=O) groups is 2. The summed E-state index contributed by atoms with van der Waals surface area (Å²) in [4.78, 5) is 47.5. The molecule has 0 aromatic heterocycles. The fraction of sp³-hybridized carbons (Fsp3) is 0.257. The fourth-order valence-electron chi connectivity index (χ4n) is 4.93. The summed E-state index contributed by atoms with van der Waals surface area (Å²) >= 11 is 0. The van der Waals surface area contributed by atoms with Gasteiger partial charge in [-0.25, -0.2) is 9.59 Å². The molecule has 0 saturated carbocycles. The van der Waals surface area contributed by atoms with E-state index in [9.17, 15) is 29.8 Å². The van der Waals surface area contributed by atoms with Gasteiger partial charge in [0.25, 0.3) is 11.4 Å². The van der Waals surface area contributed by atoms with E-state index in [0.717, 1.165) is 35.4 Å². The first-order chi connectivity index (χ1) is 23.8. The predicted molar refractivity (Wildman–Crippen MR) is 171 cm³/mol. The molecule has 0 aliphatic carbocycles. The van der Waals surface area contributed by atoms with Crippen LogP contribution < -0.4 is 0 Å². The van der Waals surface area contributed by atoms with E-state index in [1.165, 1.54) is 24.3 Å². The minimum atomic E-state index is -1.48. The van der Waals surface area contributed by atoms with E-state index in [1.807, 2.05) is 60.7 Å². The van der Waals surface area contributed by atoms with Crippen LogP contribution >= 0.6 is 0 Å². The van der Waals surface area contributed by atoms with Gasteiger partial charge in [-0.05, 0) is 35.4 Å². The molecule has 1 aliphatic heterocycles. The topological polar surface area (TPSA) is 176 Å². The van der Waals surface area contributed by atoms with Crippen LogP contribution in [0.1, 0.15) is 31.8 Å². The molecule has 14 nitrogen and oxygen atoms in total. The van der Waals surface area contributed by atoms with Gasteiger partial charge in [-0.3, -0.25) is 20.2 Å². The Bertz CT molecular complexity index is 1700. The second-order valence-corrected chi connectivity index (χ2v) is 10.8. The summed E-state index contributed by atoms with van der Waals surface area (Å²) < 4.78 is 35.4. The van der Waals surface area contributed by atoms with Crippen molar-refractivity contribution in [3.8, 4) is 0 Å². The quantitative estimate of drug-likeness (QED) is 0.0640. The van der Waals surface area contributed by atoms with Crippen molar-refractivity contribution in [1.29, 1.82) is 0 Å². The number of rotatable bonds is 16. The Morgan fingerprint density at radius 2 is 1.10 bits per heavy atom. The molecule has 1 aliphatic rings. The van der Waals surface area contributed by atoms with Gasteiger partial charge in [0.2, 0.25) is 6.29 Å². The normalized spacial score (nSPS) is 18.4. The summed E-state index contributed by atoms with van der Waals surface area (Å²) in [7, 11) is 0. The molecule has 0 N–H and O–H groups in total. The largest absolute Gasteiger partial charge is 0.449 e. The van der Waals surface area contributed by atoms with Gasteiger partial charge in [-0.2, -0.15) is 0 Å². The van der Waals surface area contributed by atoms with Gasteiger partial charge in [0.15, 0.2) is 6.10 Å². The lowest BCUT2D eigenvalue weighted by Crippen LogP contribution is -2.42. The first-order valence-corrected chi connectivity index (χ1v) is 15.2. The SMILES string of the molecule is O=C(O[C@H]1O[C@H](COCc2ccccc2)[C@@H](OCCOCc2ccccc2)[C@H]1OC(=O)c1ccc([N+](=O)[O-])cc1)c1ccc([N+](=O)[O-])cc1. The van der Waals surface area contributed by atoms with Gasteiger partial charge in [0, 0.05) is 24.3 Å². The molecule has 254 valence electrons. The smallest absolute Gasteiger partial charge is 0.340 e. The van der Waals surface area contributed by atoms with E-state index in [4.69, 9.17) is 28.4 Å². The van der Waals surface area contributed by atoms with E-state index in [-0.39, 0.29) is 48.9 Å². The Morgan fingerprint density at radius 3 is 1.61 bits per heavy atom. The predicted octanol–water partition coefficient (Wildman–Crippen LogP) is 5.43. The molecule has 14 heteroatoms. The van der Waals surface area contributed by atoms with Gasteiger partial charge >= 0.3 is 11.9 Å². The summed E-state index contributed by atoms with van der Waals surface area (Å²) in [5.74, 6) is -1.77. The van der Waals surface area contributed by atoms with Gasteiger partial charge in [-0.15, -0.1) is 0 Å². The number of non-ortho nitro benzene ring substituents is 2. The van der Waals surface area contributed by atoms with Crippen LogP contribution in [0, 0.1) is 20.2 Å². The van der Waals surface area contributed by atoms with Crippen LogP contribution in [0.5, 0.6) is 0 Å². The van der Waals surface area contributed by atoms with Crippen molar-refractivity contribution >= 4 is 23.3 Å². The van der Waals surface area contributed by atoms with Crippen molar-refractivity contribution in [2.45, 2.75) is 37.8 Å². The van der Waals surface area contributed by atoms with Crippen LogP contribution in [0.3, 0.4) is 0 Å². The maximum Gasteiger partial charge on any atom is 0.340 e. The molecule has 0 amide bonds. The zero-order valence-electron chi connectivity index (χ0n) is 26.0. The van der Waals surface area contributed by atoms with Crippen molar-refractivity contribution in [2.75, 3.05) is 19.8 Å². The van der Waals surface area contributed by atoms with Crippen LogP contribution in [-0.4, -0.2) is 66.2 Å². The highest BCUT2D eigenvalue weighted by molar-refractivity contribution is 5.90. The van der Waals surface area contributed by atoms with Crippen LogP contribution in [0.2, 0.25) is 0 Å². The average molecular weight is 673 g/mol. The van der Waals surface area contributed by atoms with E-state index in [2.05, 4.69) is 0 Å². The molecular formula is C35H32N2O12. The van der Waals surface area contributed by atoms with Crippen molar-refractivity contribution in [3.63, 3.8) is 0 Å². The molecule has 1 fully saturated rings. The Labute approximate surface area is 280 Å². The number of benzene rings is 4. The third kappa shape index (κ3) is 9.74. The fourth-order valence-corrected chi connectivity index (χ4v) is 4.93. The Hall–Kier alpha value is -5.54. The highest BCUT2D eigenvalue weighted by Crippen LogP contribution is 2.30.